The molecular weight excluding hydrogens is 354 g/mol. The molecule has 0 spiro atoms. The lowest BCUT2D eigenvalue weighted by Crippen LogP contribution is -2.42. The molecule has 0 aromatic heterocycles. The Balaban J connectivity index is 1.84. The van der Waals surface area contributed by atoms with Crippen LogP contribution >= 0.6 is 15.9 Å². The van der Waals surface area contributed by atoms with Gasteiger partial charge in [-0.25, -0.2) is 4.79 Å². The van der Waals surface area contributed by atoms with Crippen LogP contribution in [0.25, 0.3) is 10.8 Å². The van der Waals surface area contributed by atoms with Crippen molar-refractivity contribution >= 4 is 32.7 Å². The van der Waals surface area contributed by atoms with Gasteiger partial charge in [-0.05, 0) is 72.5 Å². The number of rotatable bonds is 3. The number of fused-ring (bicyclic) bond motifs is 1. The van der Waals surface area contributed by atoms with Gasteiger partial charge in [0.1, 0.15) is 5.60 Å². The average Bonchev–Trinajstić information content (AvgIpc) is 2.56. The second kappa shape index (κ2) is 6.62. The van der Waals surface area contributed by atoms with Gasteiger partial charge >= 0.3 is 5.97 Å². The first kappa shape index (κ1) is 16.5. The molecule has 0 atom stereocenters. The smallest absolute Gasteiger partial charge is 0.339 e. The average molecular weight is 376 g/mol. The molecule has 3 nitrogen and oxygen atoms in total. The SMILES string of the molecule is CC(C)(OC(=O)c1ccc2ccccc2c1Br)C1CCNCC1. The van der Waals surface area contributed by atoms with Crippen LogP contribution in [0.2, 0.25) is 0 Å². The lowest BCUT2D eigenvalue weighted by atomic mass is 9.83. The Morgan fingerprint density at radius 2 is 1.87 bits per heavy atom. The zero-order valence-corrected chi connectivity index (χ0v) is 15.2. The van der Waals surface area contributed by atoms with Crippen molar-refractivity contribution in [1.82, 2.24) is 5.32 Å². The van der Waals surface area contributed by atoms with Crippen molar-refractivity contribution < 1.29 is 9.53 Å². The monoisotopic (exact) mass is 375 g/mol. The molecule has 0 aliphatic carbocycles. The molecule has 2 aromatic rings. The van der Waals surface area contributed by atoms with Crippen LogP contribution in [0.5, 0.6) is 0 Å². The number of piperidine rings is 1. The van der Waals surface area contributed by atoms with E-state index >= 15 is 0 Å². The van der Waals surface area contributed by atoms with Crippen LogP contribution in [0.15, 0.2) is 40.9 Å². The number of nitrogens with one attached hydrogen (secondary N) is 1. The minimum atomic E-state index is -0.454. The minimum absolute atomic E-state index is 0.258. The molecule has 23 heavy (non-hydrogen) atoms. The zero-order chi connectivity index (χ0) is 16.4. The van der Waals surface area contributed by atoms with E-state index < -0.39 is 5.60 Å². The molecule has 1 aliphatic rings. The number of halogens is 1. The third-order valence-corrected chi connectivity index (χ3v) is 5.62. The van der Waals surface area contributed by atoms with Gasteiger partial charge in [-0.1, -0.05) is 30.3 Å². The molecule has 1 aliphatic heterocycles. The van der Waals surface area contributed by atoms with Crippen LogP contribution in [-0.4, -0.2) is 24.7 Å². The van der Waals surface area contributed by atoms with Crippen LogP contribution in [0.1, 0.15) is 37.0 Å². The molecule has 1 saturated heterocycles. The number of esters is 1. The van der Waals surface area contributed by atoms with Crippen molar-refractivity contribution in [2.45, 2.75) is 32.3 Å². The van der Waals surface area contributed by atoms with Crippen molar-refractivity contribution in [1.29, 1.82) is 0 Å². The number of ether oxygens (including phenoxy) is 1. The van der Waals surface area contributed by atoms with E-state index in [-0.39, 0.29) is 5.97 Å². The summed E-state index contributed by atoms with van der Waals surface area (Å²) < 4.78 is 6.70. The van der Waals surface area contributed by atoms with Crippen molar-refractivity contribution in [2.75, 3.05) is 13.1 Å². The van der Waals surface area contributed by atoms with Crippen LogP contribution in [0.4, 0.5) is 0 Å². The van der Waals surface area contributed by atoms with E-state index in [1.165, 1.54) is 0 Å². The summed E-state index contributed by atoms with van der Waals surface area (Å²) in [6.07, 6.45) is 2.08. The zero-order valence-electron chi connectivity index (χ0n) is 13.6. The number of hydrogen-bond donors (Lipinski definition) is 1. The van der Waals surface area contributed by atoms with Gasteiger partial charge in [-0.15, -0.1) is 0 Å². The lowest BCUT2D eigenvalue weighted by molar-refractivity contribution is -0.0368. The molecule has 0 saturated carbocycles. The maximum atomic E-state index is 12.7. The Hall–Kier alpha value is -1.39. The maximum Gasteiger partial charge on any atom is 0.339 e. The highest BCUT2D eigenvalue weighted by atomic mass is 79.9. The molecule has 2 aromatic carbocycles. The molecule has 3 rings (SSSR count). The predicted molar refractivity (Wildman–Crippen MR) is 96.7 cm³/mol. The number of carbonyl (C=O) groups is 1. The molecule has 0 amide bonds. The fourth-order valence-electron chi connectivity index (χ4n) is 3.29. The van der Waals surface area contributed by atoms with E-state index in [9.17, 15) is 4.79 Å². The molecule has 122 valence electrons. The van der Waals surface area contributed by atoms with Gasteiger partial charge in [-0.2, -0.15) is 0 Å². The number of carbonyl (C=O) groups excluding carboxylic acids is 1. The van der Waals surface area contributed by atoms with Gasteiger partial charge in [0.2, 0.25) is 0 Å². The normalized spacial score (nSPS) is 16.5. The Kier molecular flexibility index (Phi) is 4.74. The van der Waals surface area contributed by atoms with Crippen molar-refractivity contribution in [2.24, 2.45) is 5.92 Å². The summed E-state index contributed by atoms with van der Waals surface area (Å²) in [5.74, 6) is 0.137. The first-order valence-electron chi connectivity index (χ1n) is 8.10. The Bertz CT molecular complexity index is 720. The van der Waals surface area contributed by atoms with Gasteiger partial charge < -0.3 is 10.1 Å². The largest absolute Gasteiger partial charge is 0.456 e. The first-order valence-corrected chi connectivity index (χ1v) is 8.89. The summed E-state index contributed by atoms with van der Waals surface area (Å²) in [6.45, 7) is 6.03. The van der Waals surface area contributed by atoms with Crippen LogP contribution in [-0.2, 0) is 4.74 Å². The van der Waals surface area contributed by atoms with Gasteiger partial charge in [0.05, 0.1) is 5.56 Å². The van der Waals surface area contributed by atoms with Crippen molar-refractivity contribution in [3.63, 3.8) is 0 Å². The second-order valence-corrected chi connectivity index (χ2v) is 7.46. The molecule has 0 radical (unpaired) electrons. The third-order valence-electron chi connectivity index (χ3n) is 4.76. The highest BCUT2D eigenvalue weighted by Crippen LogP contribution is 2.33. The topological polar surface area (TPSA) is 38.3 Å². The summed E-state index contributed by atoms with van der Waals surface area (Å²) in [4.78, 5) is 12.7. The molecule has 0 bridgehead atoms. The van der Waals surface area contributed by atoms with E-state index in [2.05, 4.69) is 21.2 Å². The van der Waals surface area contributed by atoms with Crippen LogP contribution < -0.4 is 5.32 Å². The molecule has 0 unspecified atom stereocenters. The van der Waals surface area contributed by atoms with Crippen LogP contribution in [0, 0.1) is 5.92 Å². The quantitative estimate of drug-likeness (QED) is 0.800. The maximum absolute atomic E-state index is 12.7. The molecule has 1 fully saturated rings. The second-order valence-electron chi connectivity index (χ2n) is 6.67. The molecule has 1 N–H and O–H groups in total. The first-order chi connectivity index (χ1) is 11.0. The summed E-state index contributed by atoms with van der Waals surface area (Å²) >= 11 is 3.58. The summed E-state index contributed by atoms with van der Waals surface area (Å²) in [5.41, 5.74) is 0.135. The van der Waals surface area contributed by atoms with E-state index in [0.29, 0.717) is 11.5 Å². The minimum Gasteiger partial charge on any atom is -0.456 e. The highest BCUT2D eigenvalue weighted by Gasteiger charge is 2.34. The predicted octanol–water partition coefficient (Wildman–Crippen LogP) is 4.54. The standard InChI is InChI=1S/C19H22BrNO2/c1-19(2,14-9-11-21-12-10-14)23-18(22)16-8-7-13-5-3-4-6-15(13)17(16)20/h3-8,14,21H,9-12H2,1-2H3. The van der Waals surface area contributed by atoms with E-state index in [1.54, 1.807) is 0 Å². The third kappa shape index (κ3) is 3.43. The summed E-state index contributed by atoms with van der Waals surface area (Å²) in [7, 11) is 0. The van der Waals surface area contributed by atoms with Gasteiger partial charge in [0.15, 0.2) is 0 Å². The Morgan fingerprint density at radius 3 is 2.61 bits per heavy atom. The lowest BCUT2D eigenvalue weighted by Gasteiger charge is -2.36. The number of benzene rings is 2. The molecule has 4 heteroatoms. The van der Waals surface area contributed by atoms with Gasteiger partial charge in [0, 0.05) is 10.4 Å². The Morgan fingerprint density at radius 1 is 1.17 bits per heavy atom. The van der Waals surface area contributed by atoms with E-state index in [1.807, 2.05) is 50.2 Å². The van der Waals surface area contributed by atoms with Crippen molar-refractivity contribution in [3.8, 4) is 0 Å². The van der Waals surface area contributed by atoms with Crippen molar-refractivity contribution in [3.05, 3.63) is 46.4 Å². The molecular formula is C19H22BrNO2. The Labute approximate surface area is 145 Å². The highest BCUT2D eigenvalue weighted by molar-refractivity contribution is 9.10. The van der Waals surface area contributed by atoms with Gasteiger partial charge in [0.25, 0.3) is 0 Å². The van der Waals surface area contributed by atoms with Crippen LogP contribution in [0.3, 0.4) is 0 Å². The summed E-state index contributed by atoms with van der Waals surface area (Å²) in [6, 6.07) is 11.8. The summed E-state index contributed by atoms with van der Waals surface area (Å²) in [5, 5.41) is 5.49. The fraction of sp³-hybridized carbons (Fsp3) is 0.421. The fourth-order valence-corrected chi connectivity index (χ4v) is 3.94. The van der Waals surface area contributed by atoms with E-state index in [0.717, 1.165) is 41.2 Å². The van der Waals surface area contributed by atoms with Gasteiger partial charge in [-0.3, -0.25) is 0 Å². The molecule has 1 heterocycles. The number of hydrogen-bond acceptors (Lipinski definition) is 3. The van der Waals surface area contributed by atoms with E-state index in [4.69, 9.17) is 4.74 Å².